The van der Waals surface area contributed by atoms with Gasteiger partial charge in [-0.2, -0.15) is 0 Å². The Hall–Kier alpha value is -2.54. The van der Waals surface area contributed by atoms with Gasteiger partial charge in [-0.05, 0) is 44.6 Å². The molecule has 0 aromatic heterocycles. The summed E-state index contributed by atoms with van der Waals surface area (Å²) in [5, 5.41) is 41.4. The molecule has 0 bridgehead atoms. The predicted molar refractivity (Wildman–Crippen MR) is 101 cm³/mol. The largest absolute Gasteiger partial charge is 0.507 e. The van der Waals surface area contributed by atoms with Crippen molar-refractivity contribution in [1.29, 1.82) is 0 Å². The first kappa shape index (κ1) is 20.2. The van der Waals surface area contributed by atoms with E-state index in [1.807, 2.05) is 6.92 Å². The van der Waals surface area contributed by atoms with Gasteiger partial charge in [0, 0.05) is 11.5 Å². The van der Waals surface area contributed by atoms with E-state index < -0.39 is 40.9 Å². The lowest BCUT2D eigenvalue weighted by Crippen LogP contribution is -2.50. The molecule has 1 aliphatic heterocycles. The topological polar surface area (TPSA) is 124 Å². The van der Waals surface area contributed by atoms with Crippen molar-refractivity contribution in [1.82, 2.24) is 0 Å². The van der Waals surface area contributed by atoms with Gasteiger partial charge >= 0.3 is 11.9 Å². The molecule has 7 nitrogen and oxygen atoms in total. The van der Waals surface area contributed by atoms with Gasteiger partial charge in [0.1, 0.15) is 28.7 Å². The molecule has 1 fully saturated rings. The molecule has 1 heterocycles. The third-order valence-electron chi connectivity index (χ3n) is 6.04. The normalized spacial score (nSPS) is 28.2. The van der Waals surface area contributed by atoms with Crippen LogP contribution in [0.25, 0.3) is 0 Å². The molecule has 7 heteroatoms. The summed E-state index contributed by atoms with van der Waals surface area (Å²) in [5.41, 5.74) is -0.860. The summed E-state index contributed by atoms with van der Waals surface area (Å²) in [6, 6.07) is 0. The number of carboxylic acids is 2. The second kappa shape index (κ2) is 6.81. The Morgan fingerprint density at radius 2 is 1.86 bits per heavy atom. The summed E-state index contributed by atoms with van der Waals surface area (Å²) < 4.78 is 5.98. The molecule has 1 saturated carbocycles. The molecule has 2 aliphatic rings. The van der Waals surface area contributed by atoms with Crippen molar-refractivity contribution in [2.45, 2.75) is 64.1 Å². The minimum atomic E-state index is -1.39. The van der Waals surface area contributed by atoms with Gasteiger partial charge in [0.2, 0.25) is 0 Å². The molecule has 152 valence electrons. The van der Waals surface area contributed by atoms with Crippen LogP contribution in [0.2, 0.25) is 0 Å². The number of hydrogen-bond acceptors (Lipinski definition) is 5. The first-order valence-corrected chi connectivity index (χ1v) is 9.45. The Morgan fingerprint density at radius 1 is 1.25 bits per heavy atom. The first-order chi connectivity index (χ1) is 13.0. The maximum atomic E-state index is 12.1. The molecule has 2 unspecified atom stereocenters. The smallest absolute Gasteiger partial charge is 0.339 e. The maximum absolute atomic E-state index is 12.1. The number of fused-ring (bicyclic) bond motifs is 3. The molecular formula is C21H26O7. The SMILES string of the molecule is C=C(C)[C@@H]1CC[C@](C)(O)C2Oc3c(C(=O)O)c(CCC)c(C(=O)O)c(O)c3C21. The van der Waals surface area contributed by atoms with Crippen molar-refractivity contribution in [3.8, 4) is 11.5 Å². The molecule has 1 aliphatic carbocycles. The molecule has 28 heavy (non-hydrogen) atoms. The van der Waals surface area contributed by atoms with Crippen LogP contribution in [-0.2, 0) is 6.42 Å². The van der Waals surface area contributed by atoms with Gasteiger partial charge in [-0.15, -0.1) is 0 Å². The van der Waals surface area contributed by atoms with Crippen LogP contribution in [0.1, 0.15) is 77.8 Å². The fourth-order valence-corrected chi connectivity index (χ4v) is 4.77. The Morgan fingerprint density at radius 3 is 2.36 bits per heavy atom. The van der Waals surface area contributed by atoms with Gasteiger partial charge in [0.25, 0.3) is 0 Å². The fraction of sp³-hybridized carbons (Fsp3) is 0.524. The van der Waals surface area contributed by atoms with Crippen LogP contribution >= 0.6 is 0 Å². The summed E-state index contributed by atoms with van der Waals surface area (Å²) in [6.07, 6.45) is 0.880. The number of aromatic carboxylic acids is 2. The standard InChI is InChI=1S/C21H26O7/c1-5-6-11-13(19(23)24)16(22)15-12-10(9(2)3)7-8-21(4,27)18(12)28-17(15)14(11)20(25)26/h10,12,18,22,27H,2,5-8H2,1,3-4H3,(H,23,24)(H,25,26)/t10-,12?,18?,21-/m0/s1. The van der Waals surface area contributed by atoms with Crippen molar-refractivity contribution in [2.75, 3.05) is 0 Å². The van der Waals surface area contributed by atoms with Gasteiger partial charge in [0.15, 0.2) is 0 Å². The summed E-state index contributed by atoms with van der Waals surface area (Å²) in [7, 11) is 0. The third-order valence-corrected chi connectivity index (χ3v) is 6.04. The van der Waals surface area contributed by atoms with E-state index in [4.69, 9.17) is 4.74 Å². The highest BCUT2D eigenvalue weighted by Crippen LogP contribution is 2.58. The average molecular weight is 390 g/mol. The highest BCUT2D eigenvalue weighted by Gasteiger charge is 2.55. The Labute approximate surface area is 163 Å². The quantitative estimate of drug-likeness (QED) is 0.569. The first-order valence-electron chi connectivity index (χ1n) is 9.45. The van der Waals surface area contributed by atoms with E-state index in [9.17, 15) is 30.0 Å². The van der Waals surface area contributed by atoms with Gasteiger partial charge in [-0.3, -0.25) is 0 Å². The molecular weight excluding hydrogens is 364 g/mol. The number of aliphatic hydroxyl groups is 1. The lowest BCUT2D eigenvalue weighted by atomic mass is 9.66. The zero-order valence-electron chi connectivity index (χ0n) is 16.3. The molecule has 4 atom stereocenters. The van der Waals surface area contributed by atoms with Crippen molar-refractivity contribution in [3.05, 3.63) is 34.4 Å². The summed E-state index contributed by atoms with van der Waals surface area (Å²) in [6.45, 7) is 9.25. The highest BCUT2D eigenvalue weighted by molar-refractivity contribution is 6.02. The monoisotopic (exact) mass is 390 g/mol. The highest BCUT2D eigenvalue weighted by atomic mass is 16.5. The molecule has 3 rings (SSSR count). The van der Waals surface area contributed by atoms with E-state index in [0.29, 0.717) is 19.3 Å². The third kappa shape index (κ3) is 2.85. The van der Waals surface area contributed by atoms with Gasteiger partial charge in [-0.25, -0.2) is 9.59 Å². The van der Waals surface area contributed by atoms with Gasteiger partial charge < -0.3 is 25.2 Å². The summed E-state index contributed by atoms with van der Waals surface area (Å²) in [4.78, 5) is 24.0. The summed E-state index contributed by atoms with van der Waals surface area (Å²) in [5.74, 6) is -3.92. The Kier molecular flexibility index (Phi) is 4.91. The van der Waals surface area contributed by atoms with Crippen LogP contribution < -0.4 is 4.74 Å². The maximum Gasteiger partial charge on any atom is 0.339 e. The van der Waals surface area contributed by atoms with Gasteiger partial charge in [-0.1, -0.05) is 25.5 Å². The van der Waals surface area contributed by atoms with E-state index in [0.717, 1.165) is 5.57 Å². The molecule has 0 radical (unpaired) electrons. The number of carboxylic acid groups (broad SMARTS) is 2. The Balaban J connectivity index is 2.38. The number of benzene rings is 1. The molecule has 0 spiro atoms. The average Bonchev–Trinajstić information content (AvgIpc) is 2.96. The number of ether oxygens (including phenoxy) is 1. The van der Waals surface area contributed by atoms with Crippen molar-refractivity contribution < 1.29 is 34.8 Å². The number of hydrogen-bond donors (Lipinski definition) is 4. The fourth-order valence-electron chi connectivity index (χ4n) is 4.77. The molecule has 1 aromatic carbocycles. The zero-order chi connectivity index (χ0) is 21.0. The van der Waals surface area contributed by atoms with Crippen molar-refractivity contribution in [3.63, 3.8) is 0 Å². The van der Waals surface area contributed by atoms with Crippen molar-refractivity contribution >= 4 is 11.9 Å². The van der Waals surface area contributed by atoms with Gasteiger partial charge in [0.05, 0.1) is 5.60 Å². The second-order valence-corrected chi connectivity index (χ2v) is 8.09. The van der Waals surface area contributed by atoms with E-state index in [-0.39, 0.29) is 34.8 Å². The number of rotatable bonds is 5. The molecule has 4 N–H and O–H groups in total. The molecule has 0 amide bonds. The van der Waals surface area contributed by atoms with Crippen LogP contribution in [0.3, 0.4) is 0 Å². The number of phenols is 1. The predicted octanol–water partition coefficient (Wildman–Crippen LogP) is 3.32. The van der Waals surface area contributed by atoms with Crippen LogP contribution in [0.4, 0.5) is 0 Å². The zero-order valence-corrected chi connectivity index (χ0v) is 16.3. The lowest BCUT2D eigenvalue weighted by molar-refractivity contribution is -0.0826. The number of carbonyl (C=O) groups is 2. The Bertz CT molecular complexity index is 868. The summed E-state index contributed by atoms with van der Waals surface area (Å²) >= 11 is 0. The van der Waals surface area contributed by atoms with E-state index in [2.05, 4.69) is 6.58 Å². The van der Waals surface area contributed by atoms with Crippen LogP contribution in [0.5, 0.6) is 11.5 Å². The lowest BCUT2D eigenvalue weighted by Gasteiger charge is -2.42. The van der Waals surface area contributed by atoms with Crippen LogP contribution in [0.15, 0.2) is 12.2 Å². The van der Waals surface area contributed by atoms with E-state index in [1.165, 1.54) is 0 Å². The minimum Gasteiger partial charge on any atom is -0.507 e. The van der Waals surface area contributed by atoms with Crippen LogP contribution in [-0.4, -0.2) is 44.1 Å². The van der Waals surface area contributed by atoms with Crippen molar-refractivity contribution in [2.24, 2.45) is 5.92 Å². The molecule has 0 saturated heterocycles. The van der Waals surface area contributed by atoms with E-state index >= 15 is 0 Å². The van der Waals surface area contributed by atoms with E-state index in [1.54, 1.807) is 13.8 Å². The molecule has 1 aromatic rings. The minimum absolute atomic E-state index is 0.0260. The number of aromatic hydroxyl groups is 1. The number of allylic oxidation sites excluding steroid dienone is 1. The second-order valence-electron chi connectivity index (χ2n) is 8.09. The van der Waals surface area contributed by atoms with Crippen LogP contribution in [0, 0.1) is 5.92 Å².